The van der Waals surface area contributed by atoms with E-state index in [0.29, 0.717) is 31.7 Å². The van der Waals surface area contributed by atoms with E-state index in [0.717, 1.165) is 22.2 Å². The Morgan fingerprint density at radius 1 is 0.906 bits per heavy atom. The molecule has 0 aromatic heterocycles. The fraction of sp³-hybridized carbons (Fsp3) is 0.292. The van der Waals surface area contributed by atoms with Gasteiger partial charge in [-0.1, -0.05) is 24.3 Å². The van der Waals surface area contributed by atoms with Gasteiger partial charge in [-0.3, -0.25) is 4.79 Å². The number of sulfonamides is 1. The molecule has 1 fully saturated rings. The number of rotatable bonds is 6. The summed E-state index contributed by atoms with van der Waals surface area (Å²) in [5, 5.41) is 4.85. The maximum absolute atomic E-state index is 12.9. The van der Waals surface area contributed by atoms with Gasteiger partial charge in [-0.05, 0) is 49.2 Å². The standard InChI is InChI=1S/C24H26N2O5S/c1-30-18-7-9-19(10-8-18)32(28,29)26-15-13-17(14-16-26)24(27)25-22-11-12-23(31-2)21-6-4-3-5-20(21)22/h3-12,17H,13-16H2,1-2H3,(H,25,27). The van der Waals surface area contributed by atoms with Crippen molar-refractivity contribution in [3.63, 3.8) is 0 Å². The highest BCUT2D eigenvalue weighted by Crippen LogP contribution is 2.32. The average Bonchev–Trinajstić information content (AvgIpc) is 2.84. The number of methoxy groups -OCH3 is 2. The van der Waals surface area contributed by atoms with Crippen molar-refractivity contribution < 1.29 is 22.7 Å². The molecule has 1 saturated heterocycles. The summed E-state index contributed by atoms with van der Waals surface area (Å²) in [5.41, 5.74) is 0.722. The van der Waals surface area contributed by atoms with Crippen LogP contribution in [0.3, 0.4) is 0 Å². The normalized spacial score (nSPS) is 15.4. The van der Waals surface area contributed by atoms with Crippen molar-refractivity contribution in [1.82, 2.24) is 4.31 Å². The van der Waals surface area contributed by atoms with Gasteiger partial charge in [0, 0.05) is 35.5 Å². The van der Waals surface area contributed by atoms with Crippen molar-refractivity contribution in [3.05, 3.63) is 60.7 Å². The number of nitrogens with one attached hydrogen (secondary N) is 1. The summed E-state index contributed by atoms with van der Waals surface area (Å²) in [7, 11) is -0.445. The Kier molecular flexibility index (Phi) is 6.34. The van der Waals surface area contributed by atoms with Crippen molar-refractivity contribution in [3.8, 4) is 11.5 Å². The lowest BCUT2D eigenvalue weighted by Gasteiger charge is -2.30. The number of carbonyl (C=O) groups is 1. The number of anilines is 1. The Morgan fingerprint density at radius 2 is 1.56 bits per heavy atom. The summed E-state index contributed by atoms with van der Waals surface area (Å²) in [5.74, 6) is 1.00. The first-order chi connectivity index (χ1) is 15.4. The van der Waals surface area contributed by atoms with Gasteiger partial charge in [0.1, 0.15) is 11.5 Å². The number of benzene rings is 3. The van der Waals surface area contributed by atoms with Crippen LogP contribution in [0.5, 0.6) is 11.5 Å². The van der Waals surface area contributed by atoms with E-state index in [-0.39, 0.29) is 16.7 Å². The third-order valence-corrected chi connectivity index (χ3v) is 7.80. The van der Waals surface area contributed by atoms with Crippen LogP contribution in [0.15, 0.2) is 65.6 Å². The van der Waals surface area contributed by atoms with Gasteiger partial charge in [-0.2, -0.15) is 4.31 Å². The smallest absolute Gasteiger partial charge is 0.243 e. The van der Waals surface area contributed by atoms with Crippen LogP contribution in [-0.2, 0) is 14.8 Å². The second-order valence-corrected chi connectivity index (χ2v) is 9.64. The average molecular weight is 455 g/mol. The number of nitrogens with zero attached hydrogens (tertiary/aromatic N) is 1. The van der Waals surface area contributed by atoms with Crippen molar-refractivity contribution in [2.24, 2.45) is 5.92 Å². The molecule has 0 saturated carbocycles. The monoisotopic (exact) mass is 454 g/mol. The van der Waals surface area contributed by atoms with Crippen LogP contribution in [0.2, 0.25) is 0 Å². The third-order valence-electron chi connectivity index (χ3n) is 5.88. The quantitative estimate of drug-likeness (QED) is 0.611. The predicted octanol–water partition coefficient (Wildman–Crippen LogP) is 3.90. The summed E-state index contributed by atoms with van der Waals surface area (Å²) in [6, 6.07) is 17.8. The minimum Gasteiger partial charge on any atom is -0.497 e. The van der Waals surface area contributed by atoms with Crippen molar-refractivity contribution in [2.45, 2.75) is 17.7 Å². The van der Waals surface area contributed by atoms with Gasteiger partial charge in [-0.15, -0.1) is 0 Å². The molecule has 0 aliphatic carbocycles. The Morgan fingerprint density at radius 3 is 2.19 bits per heavy atom. The van der Waals surface area contributed by atoms with Gasteiger partial charge in [0.2, 0.25) is 15.9 Å². The minimum absolute atomic E-state index is 0.0955. The third kappa shape index (κ3) is 4.28. The maximum atomic E-state index is 12.9. The van der Waals surface area contributed by atoms with Gasteiger partial charge < -0.3 is 14.8 Å². The largest absolute Gasteiger partial charge is 0.497 e. The van der Waals surface area contributed by atoms with E-state index in [2.05, 4.69) is 5.32 Å². The fourth-order valence-corrected chi connectivity index (χ4v) is 5.52. The van der Waals surface area contributed by atoms with Gasteiger partial charge in [-0.25, -0.2) is 8.42 Å². The molecule has 0 bridgehead atoms. The molecular formula is C24H26N2O5S. The summed E-state index contributed by atoms with van der Waals surface area (Å²) >= 11 is 0. The highest BCUT2D eigenvalue weighted by molar-refractivity contribution is 7.89. The molecule has 3 aromatic carbocycles. The topological polar surface area (TPSA) is 84.9 Å². The van der Waals surface area contributed by atoms with Crippen LogP contribution in [-0.4, -0.2) is 45.9 Å². The summed E-state index contributed by atoms with van der Waals surface area (Å²) in [4.78, 5) is 13.2. The molecule has 1 aliphatic heterocycles. The van der Waals surface area contributed by atoms with Gasteiger partial charge in [0.05, 0.1) is 19.1 Å². The number of amides is 1. The maximum Gasteiger partial charge on any atom is 0.243 e. The molecule has 7 nitrogen and oxygen atoms in total. The summed E-state index contributed by atoms with van der Waals surface area (Å²) < 4.78 is 37.8. The Balaban J connectivity index is 1.43. The molecule has 1 aliphatic rings. The molecule has 1 N–H and O–H groups in total. The van der Waals surface area contributed by atoms with E-state index < -0.39 is 10.0 Å². The first-order valence-electron chi connectivity index (χ1n) is 10.4. The van der Waals surface area contributed by atoms with Crippen molar-refractivity contribution in [2.75, 3.05) is 32.6 Å². The highest BCUT2D eigenvalue weighted by atomic mass is 32.2. The first kappa shape index (κ1) is 22.1. The molecule has 4 rings (SSSR count). The Labute approximate surface area is 188 Å². The van der Waals surface area contributed by atoms with Crippen LogP contribution in [0.25, 0.3) is 10.8 Å². The zero-order valence-electron chi connectivity index (χ0n) is 18.1. The van der Waals surface area contributed by atoms with Crippen molar-refractivity contribution in [1.29, 1.82) is 0 Å². The molecule has 3 aromatic rings. The fourth-order valence-electron chi connectivity index (χ4n) is 4.05. The molecule has 0 spiro atoms. The van der Waals surface area contributed by atoms with Crippen LogP contribution in [0.4, 0.5) is 5.69 Å². The van der Waals surface area contributed by atoms with Gasteiger partial charge in [0.25, 0.3) is 0 Å². The van der Waals surface area contributed by atoms with Gasteiger partial charge >= 0.3 is 0 Å². The van der Waals surface area contributed by atoms with Crippen LogP contribution < -0.4 is 14.8 Å². The lowest BCUT2D eigenvalue weighted by molar-refractivity contribution is -0.120. The molecule has 1 heterocycles. The number of piperidine rings is 1. The molecule has 32 heavy (non-hydrogen) atoms. The zero-order valence-corrected chi connectivity index (χ0v) is 18.9. The predicted molar refractivity (Wildman–Crippen MR) is 124 cm³/mol. The SMILES string of the molecule is COc1ccc(S(=O)(=O)N2CCC(C(=O)Nc3ccc(OC)c4ccccc34)CC2)cc1. The van der Waals surface area contributed by atoms with E-state index in [9.17, 15) is 13.2 Å². The molecule has 0 unspecified atom stereocenters. The van der Waals surface area contributed by atoms with E-state index >= 15 is 0 Å². The first-order valence-corrected chi connectivity index (χ1v) is 11.9. The highest BCUT2D eigenvalue weighted by Gasteiger charge is 2.32. The minimum atomic E-state index is -3.60. The summed E-state index contributed by atoms with van der Waals surface area (Å²) in [6.07, 6.45) is 0.935. The molecular weight excluding hydrogens is 428 g/mol. The van der Waals surface area contributed by atoms with E-state index in [4.69, 9.17) is 9.47 Å². The lowest BCUT2D eigenvalue weighted by atomic mass is 9.97. The van der Waals surface area contributed by atoms with E-state index in [1.54, 1.807) is 31.4 Å². The van der Waals surface area contributed by atoms with Crippen molar-refractivity contribution >= 4 is 32.4 Å². The Bertz CT molecular complexity index is 1220. The van der Waals surface area contributed by atoms with E-state index in [1.165, 1.54) is 11.4 Å². The van der Waals surface area contributed by atoms with Crippen LogP contribution in [0, 0.1) is 5.92 Å². The van der Waals surface area contributed by atoms with Crippen LogP contribution in [0.1, 0.15) is 12.8 Å². The Hall–Kier alpha value is -3.10. The molecule has 0 radical (unpaired) electrons. The summed E-state index contributed by atoms with van der Waals surface area (Å²) in [6.45, 7) is 0.603. The lowest BCUT2D eigenvalue weighted by Crippen LogP contribution is -2.41. The second-order valence-electron chi connectivity index (χ2n) is 7.70. The number of hydrogen-bond donors (Lipinski definition) is 1. The molecule has 168 valence electrons. The number of carbonyl (C=O) groups excluding carboxylic acids is 1. The molecule has 0 atom stereocenters. The van der Waals surface area contributed by atoms with Gasteiger partial charge in [0.15, 0.2) is 0 Å². The zero-order chi connectivity index (χ0) is 22.7. The van der Waals surface area contributed by atoms with E-state index in [1.807, 2.05) is 36.4 Å². The molecule has 1 amide bonds. The molecule has 8 heteroatoms. The number of hydrogen-bond acceptors (Lipinski definition) is 5. The number of ether oxygens (including phenoxy) is 2. The van der Waals surface area contributed by atoms with Crippen LogP contribution >= 0.6 is 0 Å². The second kappa shape index (κ2) is 9.18. The number of fused-ring (bicyclic) bond motifs is 1.